The van der Waals surface area contributed by atoms with Gasteiger partial charge >= 0.3 is 7.67 Å². The lowest BCUT2D eigenvalue weighted by Crippen LogP contribution is -2.55. The molecule has 0 aliphatic carbocycles. The molecule has 8 nitrogen and oxygen atoms in total. The Bertz CT molecular complexity index is 526. The zero-order chi connectivity index (χ0) is 20.9. The van der Waals surface area contributed by atoms with Gasteiger partial charge < -0.3 is 19.3 Å². The summed E-state index contributed by atoms with van der Waals surface area (Å²) >= 11 is 0. The van der Waals surface area contributed by atoms with E-state index in [-0.39, 0.29) is 12.5 Å². The van der Waals surface area contributed by atoms with Crippen molar-refractivity contribution in [2.75, 3.05) is 53.5 Å². The molecule has 1 unspecified atom stereocenters. The van der Waals surface area contributed by atoms with E-state index >= 15 is 0 Å². The average Bonchev–Trinajstić information content (AvgIpc) is 2.59. The molecule has 1 N–H and O–H groups in total. The normalized spacial score (nSPS) is 19.4. The summed E-state index contributed by atoms with van der Waals surface area (Å²) in [6.07, 6.45) is 1.85. The van der Waals surface area contributed by atoms with Crippen LogP contribution in [0.3, 0.4) is 0 Å². The second kappa shape index (κ2) is 9.81. The second-order valence-corrected chi connectivity index (χ2v) is 11.0. The predicted molar refractivity (Wildman–Crippen MR) is 107 cm³/mol. The number of hydrogen-bond donors (Lipinski definition) is 1. The first-order valence-corrected chi connectivity index (χ1v) is 11.2. The summed E-state index contributed by atoms with van der Waals surface area (Å²) in [7, 11) is 0.459. The molecule has 1 rings (SSSR count). The lowest BCUT2D eigenvalue weighted by atomic mass is 10.1. The van der Waals surface area contributed by atoms with Crippen molar-refractivity contribution in [3.8, 4) is 0 Å². The van der Waals surface area contributed by atoms with Crippen molar-refractivity contribution < 1.29 is 23.7 Å². The summed E-state index contributed by atoms with van der Waals surface area (Å²) in [6.45, 7) is 11.2. The number of carbonyl (C=O) groups is 1. The van der Waals surface area contributed by atoms with Crippen LogP contribution in [0.25, 0.3) is 0 Å². The Morgan fingerprint density at radius 2 is 1.70 bits per heavy atom. The van der Waals surface area contributed by atoms with E-state index in [4.69, 9.17) is 9.26 Å². The number of nitrogens with zero attached hydrogens (tertiary/aromatic N) is 3. The monoisotopic (exact) mass is 407 g/mol. The van der Waals surface area contributed by atoms with Crippen LogP contribution in [0.4, 0.5) is 0 Å². The van der Waals surface area contributed by atoms with E-state index in [2.05, 4.69) is 6.92 Å². The van der Waals surface area contributed by atoms with Crippen molar-refractivity contribution in [1.29, 1.82) is 0 Å². The SMILES string of the molecule is CCCCOP(=O)(N(C)C)N1CCN(C(=O)C(C)(C)OCC(C)(C)O)CC1. The summed E-state index contributed by atoms with van der Waals surface area (Å²) in [4.78, 5) is 14.6. The minimum absolute atomic E-state index is 0.0762. The summed E-state index contributed by atoms with van der Waals surface area (Å²) in [5, 5.41) is 9.83. The van der Waals surface area contributed by atoms with Gasteiger partial charge in [0.1, 0.15) is 5.60 Å². The molecule has 1 fully saturated rings. The van der Waals surface area contributed by atoms with Crippen molar-refractivity contribution in [3.05, 3.63) is 0 Å². The largest absolute Gasteiger partial charge is 0.388 e. The van der Waals surface area contributed by atoms with Gasteiger partial charge in [0.2, 0.25) is 0 Å². The molecule has 1 aliphatic heterocycles. The quantitative estimate of drug-likeness (QED) is 0.439. The maximum atomic E-state index is 13.3. The Kier molecular flexibility index (Phi) is 8.92. The number of carbonyl (C=O) groups excluding carboxylic acids is 1. The van der Waals surface area contributed by atoms with E-state index in [1.165, 1.54) is 0 Å². The molecule has 1 aliphatic rings. The summed E-state index contributed by atoms with van der Waals surface area (Å²) in [5.74, 6) is -0.127. The lowest BCUT2D eigenvalue weighted by molar-refractivity contribution is -0.162. The lowest BCUT2D eigenvalue weighted by Gasteiger charge is -2.42. The first kappa shape index (κ1) is 24.5. The van der Waals surface area contributed by atoms with Gasteiger partial charge in [-0.25, -0.2) is 9.34 Å². The number of ether oxygens (including phenoxy) is 1. The number of unbranched alkanes of at least 4 members (excludes halogenated alkanes) is 1. The highest BCUT2D eigenvalue weighted by Gasteiger charge is 2.40. The third kappa shape index (κ3) is 7.11. The summed E-state index contributed by atoms with van der Waals surface area (Å²) < 4.78 is 28.2. The molecular weight excluding hydrogens is 369 g/mol. The maximum Gasteiger partial charge on any atom is 0.345 e. The topological polar surface area (TPSA) is 82.6 Å². The molecule has 1 amide bonds. The third-order valence-electron chi connectivity index (χ3n) is 4.46. The molecule has 0 aromatic heterocycles. The summed E-state index contributed by atoms with van der Waals surface area (Å²) in [5.41, 5.74) is -2.02. The van der Waals surface area contributed by atoms with E-state index in [0.29, 0.717) is 32.8 Å². The highest BCUT2D eigenvalue weighted by Crippen LogP contribution is 2.52. The number of rotatable bonds is 10. The van der Waals surface area contributed by atoms with Gasteiger partial charge in [0.25, 0.3) is 5.91 Å². The molecule has 1 atom stereocenters. The van der Waals surface area contributed by atoms with Gasteiger partial charge in [-0.1, -0.05) is 13.3 Å². The van der Waals surface area contributed by atoms with Gasteiger partial charge in [0, 0.05) is 26.2 Å². The maximum absolute atomic E-state index is 13.3. The van der Waals surface area contributed by atoms with Crippen LogP contribution in [0.15, 0.2) is 0 Å². The van der Waals surface area contributed by atoms with Crippen molar-refractivity contribution in [2.24, 2.45) is 0 Å². The van der Waals surface area contributed by atoms with Crippen LogP contribution in [0.2, 0.25) is 0 Å². The molecule has 0 spiro atoms. The molecule has 160 valence electrons. The molecule has 0 aromatic rings. The Labute approximate surface area is 164 Å². The molecule has 0 radical (unpaired) electrons. The number of amides is 1. The fraction of sp³-hybridized carbons (Fsp3) is 0.944. The number of hydrogen-bond acceptors (Lipinski definition) is 5. The average molecular weight is 407 g/mol. The zero-order valence-electron chi connectivity index (χ0n) is 18.0. The highest BCUT2D eigenvalue weighted by atomic mass is 31.2. The van der Waals surface area contributed by atoms with Crippen molar-refractivity contribution >= 4 is 13.6 Å². The Morgan fingerprint density at radius 3 is 2.15 bits per heavy atom. The molecule has 0 aromatic carbocycles. The fourth-order valence-corrected chi connectivity index (χ4v) is 4.68. The van der Waals surface area contributed by atoms with Gasteiger partial charge in [0.05, 0.1) is 18.8 Å². The Balaban J connectivity index is 2.68. The van der Waals surface area contributed by atoms with Gasteiger partial charge in [-0.2, -0.15) is 0 Å². The van der Waals surface area contributed by atoms with Gasteiger partial charge in [-0.05, 0) is 48.2 Å². The van der Waals surface area contributed by atoms with Crippen LogP contribution in [0.1, 0.15) is 47.5 Å². The molecule has 9 heteroatoms. The Morgan fingerprint density at radius 1 is 1.15 bits per heavy atom. The van der Waals surface area contributed by atoms with Crippen LogP contribution in [0.5, 0.6) is 0 Å². The summed E-state index contributed by atoms with van der Waals surface area (Å²) in [6, 6.07) is 0. The fourth-order valence-electron chi connectivity index (χ4n) is 2.73. The van der Waals surface area contributed by atoms with Crippen molar-refractivity contribution in [1.82, 2.24) is 14.2 Å². The van der Waals surface area contributed by atoms with Gasteiger partial charge in [-0.3, -0.25) is 9.36 Å². The molecular formula is C18H38N3O5P. The molecule has 0 bridgehead atoms. The first-order chi connectivity index (χ1) is 12.3. The van der Waals surface area contributed by atoms with Crippen LogP contribution in [0, 0.1) is 0 Å². The highest BCUT2D eigenvalue weighted by molar-refractivity contribution is 7.53. The smallest absolute Gasteiger partial charge is 0.345 e. The van der Waals surface area contributed by atoms with E-state index in [1.54, 1.807) is 51.4 Å². The molecule has 0 saturated carbocycles. The van der Waals surface area contributed by atoms with Gasteiger partial charge in [0.15, 0.2) is 0 Å². The molecule has 1 saturated heterocycles. The van der Waals surface area contributed by atoms with Crippen molar-refractivity contribution in [3.63, 3.8) is 0 Å². The van der Waals surface area contributed by atoms with E-state index in [1.807, 2.05) is 4.67 Å². The second-order valence-electron chi connectivity index (χ2n) is 8.38. The van der Waals surface area contributed by atoms with Crippen LogP contribution in [-0.2, 0) is 18.6 Å². The Hall–Kier alpha value is -0.500. The minimum atomic E-state index is -3.06. The number of aliphatic hydroxyl groups is 1. The van der Waals surface area contributed by atoms with E-state index in [0.717, 1.165) is 12.8 Å². The van der Waals surface area contributed by atoms with Crippen LogP contribution >= 0.6 is 7.67 Å². The van der Waals surface area contributed by atoms with Crippen LogP contribution in [-0.4, -0.2) is 89.9 Å². The van der Waals surface area contributed by atoms with E-state index < -0.39 is 18.9 Å². The first-order valence-electron chi connectivity index (χ1n) is 9.67. The van der Waals surface area contributed by atoms with Crippen LogP contribution < -0.4 is 0 Å². The number of piperazine rings is 1. The van der Waals surface area contributed by atoms with Gasteiger partial charge in [-0.15, -0.1) is 0 Å². The van der Waals surface area contributed by atoms with Crippen molar-refractivity contribution in [2.45, 2.75) is 58.7 Å². The molecule has 27 heavy (non-hydrogen) atoms. The van der Waals surface area contributed by atoms with E-state index in [9.17, 15) is 14.5 Å². The molecule has 1 heterocycles. The third-order valence-corrected chi connectivity index (χ3v) is 7.11. The predicted octanol–water partition coefficient (Wildman–Crippen LogP) is 2.18. The zero-order valence-corrected chi connectivity index (χ0v) is 18.9. The minimum Gasteiger partial charge on any atom is -0.388 e. The standard InChI is InChI=1S/C18H38N3O5P/c1-8-9-14-26-27(24,19(6)7)21-12-10-20(11-13-21)16(22)18(4,5)25-15-17(2,3)23/h23H,8-15H2,1-7H3.